The summed E-state index contributed by atoms with van der Waals surface area (Å²) in [6.07, 6.45) is 11.2. The lowest BCUT2D eigenvalue weighted by atomic mass is 9.81. The third-order valence-corrected chi connectivity index (χ3v) is 3.41. The van der Waals surface area contributed by atoms with Crippen molar-refractivity contribution >= 4 is 0 Å². The van der Waals surface area contributed by atoms with E-state index in [-0.39, 0.29) is 5.54 Å². The number of rotatable bonds is 1. The van der Waals surface area contributed by atoms with E-state index in [4.69, 9.17) is 5.73 Å². The van der Waals surface area contributed by atoms with E-state index < -0.39 is 0 Å². The predicted molar refractivity (Wildman–Crippen MR) is 58.7 cm³/mol. The molecule has 78 valence electrons. The van der Waals surface area contributed by atoms with Crippen LogP contribution in [0, 0.1) is 5.92 Å². The Kier molecular flexibility index (Phi) is 4.24. The Morgan fingerprint density at radius 2 is 1.23 bits per heavy atom. The number of nitrogens with two attached hydrogens (primary N) is 1. The summed E-state index contributed by atoms with van der Waals surface area (Å²) in [4.78, 5) is 0. The van der Waals surface area contributed by atoms with Crippen LogP contribution in [-0.2, 0) is 0 Å². The first kappa shape index (κ1) is 11.0. The van der Waals surface area contributed by atoms with E-state index in [1.807, 2.05) is 0 Å². The molecule has 0 aromatic rings. The first-order chi connectivity index (χ1) is 6.11. The molecule has 1 nitrogen and oxygen atoms in total. The fourth-order valence-corrected chi connectivity index (χ4v) is 2.38. The highest BCUT2D eigenvalue weighted by molar-refractivity contribution is 4.82. The van der Waals surface area contributed by atoms with Crippen LogP contribution in [0.25, 0.3) is 0 Å². The Bertz CT molecular complexity index is 125. The molecule has 1 aliphatic carbocycles. The van der Waals surface area contributed by atoms with Gasteiger partial charge >= 0.3 is 0 Å². The van der Waals surface area contributed by atoms with Crippen LogP contribution in [0.2, 0.25) is 0 Å². The van der Waals surface area contributed by atoms with Crippen LogP contribution < -0.4 is 5.73 Å². The summed E-state index contributed by atoms with van der Waals surface area (Å²) in [6.45, 7) is 4.38. The SMILES string of the molecule is CC(C)(N)C1CCCCCCCC1. The lowest BCUT2D eigenvalue weighted by Gasteiger charge is -2.30. The molecule has 0 unspecified atom stereocenters. The molecule has 1 fully saturated rings. The Balaban J connectivity index is 2.41. The van der Waals surface area contributed by atoms with Gasteiger partial charge in [0.15, 0.2) is 0 Å². The van der Waals surface area contributed by atoms with Gasteiger partial charge in [0.05, 0.1) is 0 Å². The number of hydrogen-bond acceptors (Lipinski definition) is 1. The van der Waals surface area contributed by atoms with Gasteiger partial charge in [-0.1, -0.05) is 38.5 Å². The summed E-state index contributed by atoms with van der Waals surface area (Å²) in [6, 6.07) is 0. The van der Waals surface area contributed by atoms with Gasteiger partial charge in [0.1, 0.15) is 0 Å². The molecule has 0 aromatic heterocycles. The second kappa shape index (κ2) is 4.99. The van der Waals surface area contributed by atoms with Crippen molar-refractivity contribution in [2.45, 2.75) is 70.8 Å². The van der Waals surface area contributed by atoms with Crippen molar-refractivity contribution in [2.75, 3.05) is 0 Å². The number of hydrogen-bond donors (Lipinski definition) is 1. The largest absolute Gasteiger partial charge is 0.325 e. The minimum Gasteiger partial charge on any atom is -0.325 e. The van der Waals surface area contributed by atoms with Crippen molar-refractivity contribution in [2.24, 2.45) is 11.7 Å². The second-order valence-electron chi connectivity index (χ2n) is 5.22. The quantitative estimate of drug-likeness (QED) is 0.662. The molecule has 1 aliphatic rings. The average molecular weight is 183 g/mol. The van der Waals surface area contributed by atoms with E-state index in [1.165, 1.54) is 51.4 Å². The topological polar surface area (TPSA) is 26.0 Å². The maximum Gasteiger partial charge on any atom is 0.0125 e. The molecule has 0 bridgehead atoms. The van der Waals surface area contributed by atoms with E-state index in [0.717, 1.165) is 5.92 Å². The summed E-state index contributed by atoms with van der Waals surface area (Å²) >= 11 is 0. The fourth-order valence-electron chi connectivity index (χ4n) is 2.38. The van der Waals surface area contributed by atoms with Crippen LogP contribution in [0.5, 0.6) is 0 Å². The summed E-state index contributed by atoms with van der Waals surface area (Å²) in [5.41, 5.74) is 6.23. The molecule has 0 saturated heterocycles. The fraction of sp³-hybridized carbons (Fsp3) is 1.00. The highest BCUT2D eigenvalue weighted by atomic mass is 14.7. The average Bonchev–Trinajstić information content (AvgIpc) is 2.14. The first-order valence-electron chi connectivity index (χ1n) is 5.89. The summed E-state index contributed by atoms with van der Waals surface area (Å²) in [7, 11) is 0. The lowest BCUT2D eigenvalue weighted by Crippen LogP contribution is -2.40. The molecular weight excluding hydrogens is 158 g/mol. The van der Waals surface area contributed by atoms with Crippen LogP contribution in [0.1, 0.15) is 65.2 Å². The molecule has 1 heteroatoms. The van der Waals surface area contributed by atoms with Gasteiger partial charge in [-0.3, -0.25) is 0 Å². The molecule has 1 rings (SSSR count). The molecule has 13 heavy (non-hydrogen) atoms. The standard InChI is InChI=1S/C12H25N/c1-12(2,13)11-9-7-5-3-4-6-8-10-11/h11H,3-10,13H2,1-2H3. The van der Waals surface area contributed by atoms with Crippen molar-refractivity contribution in [1.29, 1.82) is 0 Å². The van der Waals surface area contributed by atoms with Crippen molar-refractivity contribution in [3.05, 3.63) is 0 Å². The Morgan fingerprint density at radius 3 is 1.62 bits per heavy atom. The summed E-state index contributed by atoms with van der Waals surface area (Å²) in [5.74, 6) is 0.755. The minimum atomic E-state index is 0.0460. The summed E-state index contributed by atoms with van der Waals surface area (Å²) in [5, 5.41) is 0. The van der Waals surface area contributed by atoms with E-state index in [9.17, 15) is 0 Å². The Labute approximate surface area is 83.1 Å². The lowest BCUT2D eigenvalue weighted by molar-refractivity contribution is 0.274. The van der Waals surface area contributed by atoms with Crippen molar-refractivity contribution in [1.82, 2.24) is 0 Å². The Morgan fingerprint density at radius 1 is 0.846 bits per heavy atom. The molecule has 0 atom stereocenters. The van der Waals surface area contributed by atoms with Gasteiger partial charge in [-0.25, -0.2) is 0 Å². The van der Waals surface area contributed by atoms with E-state index >= 15 is 0 Å². The molecule has 0 aromatic carbocycles. The third kappa shape index (κ3) is 4.12. The van der Waals surface area contributed by atoms with Gasteiger partial charge in [-0.05, 0) is 32.6 Å². The van der Waals surface area contributed by atoms with Gasteiger partial charge in [0.25, 0.3) is 0 Å². The van der Waals surface area contributed by atoms with Crippen molar-refractivity contribution in [3.63, 3.8) is 0 Å². The highest BCUT2D eigenvalue weighted by Crippen LogP contribution is 2.28. The van der Waals surface area contributed by atoms with E-state index in [1.54, 1.807) is 0 Å². The molecule has 0 aliphatic heterocycles. The second-order valence-corrected chi connectivity index (χ2v) is 5.22. The summed E-state index contributed by atoms with van der Waals surface area (Å²) < 4.78 is 0. The van der Waals surface area contributed by atoms with Crippen LogP contribution >= 0.6 is 0 Å². The van der Waals surface area contributed by atoms with Gasteiger partial charge in [0, 0.05) is 5.54 Å². The van der Waals surface area contributed by atoms with Crippen molar-refractivity contribution < 1.29 is 0 Å². The van der Waals surface area contributed by atoms with Crippen LogP contribution in [0.4, 0.5) is 0 Å². The Hall–Kier alpha value is -0.0400. The third-order valence-electron chi connectivity index (χ3n) is 3.41. The molecule has 0 spiro atoms. The monoisotopic (exact) mass is 183 g/mol. The maximum absolute atomic E-state index is 6.18. The van der Waals surface area contributed by atoms with Gasteiger partial charge in [-0.2, -0.15) is 0 Å². The predicted octanol–water partition coefficient (Wildman–Crippen LogP) is 3.47. The minimum absolute atomic E-state index is 0.0460. The smallest absolute Gasteiger partial charge is 0.0125 e. The molecule has 0 radical (unpaired) electrons. The van der Waals surface area contributed by atoms with Crippen LogP contribution in [0.15, 0.2) is 0 Å². The van der Waals surface area contributed by atoms with Crippen LogP contribution in [0.3, 0.4) is 0 Å². The van der Waals surface area contributed by atoms with Gasteiger partial charge in [-0.15, -0.1) is 0 Å². The molecule has 0 amide bonds. The van der Waals surface area contributed by atoms with E-state index in [2.05, 4.69) is 13.8 Å². The normalized spacial score (nSPS) is 23.3. The molecular formula is C12H25N. The van der Waals surface area contributed by atoms with Gasteiger partial charge < -0.3 is 5.73 Å². The first-order valence-corrected chi connectivity index (χ1v) is 5.89. The highest BCUT2D eigenvalue weighted by Gasteiger charge is 2.24. The zero-order valence-electron chi connectivity index (χ0n) is 9.31. The zero-order valence-corrected chi connectivity index (χ0v) is 9.31. The molecule has 2 N–H and O–H groups in total. The van der Waals surface area contributed by atoms with E-state index in [0.29, 0.717) is 0 Å². The molecule has 0 heterocycles. The van der Waals surface area contributed by atoms with Crippen LogP contribution in [-0.4, -0.2) is 5.54 Å². The van der Waals surface area contributed by atoms with Crippen molar-refractivity contribution in [3.8, 4) is 0 Å². The zero-order chi connectivity index (χ0) is 9.73. The molecule has 1 saturated carbocycles. The maximum atomic E-state index is 6.18. The van der Waals surface area contributed by atoms with Gasteiger partial charge in [0.2, 0.25) is 0 Å².